The second-order valence-electron chi connectivity index (χ2n) is 7.90. The number of rotatable bonds is 8. The predicted octanol–water partition coefficient (Wildman–Crippen LogP) is 6.10. The summed E-state index contributed by atoms with van der Waals surface area (Å²) in [4.78, 5) is 0. The van der Waals surface area contributed by atoms with E-state index in [1.54, 1.807) is 12.1 Å². The van der Waals surface area contributed by atoms with Crippen LogP contribution in [-0.4, -0.2) is 4.21 Å². The minimum Gasteiger partial charge on any atom is -0.371 e. The molecule has 2 aromatic rings. The standard InChI is InChI=1S/C22H30O3S/c1-7-21(3,4)17-11-9-13-19(15-17)24-26(23)25-20-14-10-12-18(16-20)22(5,6)8-2/h9-16H,7-8H2,1-6H3. The predicted molar refractivity (Wildman–Crippen MR) is 109 cm³/mol. The zero-order chi connectivity index (χ0) is 19.4. The molecule has 0 atom stereocenters. The SMILES string of the molecule is CCC(C)(C)c1cccc(OS(=O)Oc2cccc(C(C)(C)CC)c2)c1. The number of hydrogen-bond donors (Lipinski definition) is 0. The highest BCUT2D eigenvalue weighted by Crippen LogP contribution is 2.31. The van der Waals surface area contributed by atoms with E-state index >= 15 is 0 Å². The van der Waals surface area contributed by atoms with E-state index in [0.29, 0.717) is 11.5 Å². The third kappa shape index (κ3) is 5.10. The molecule has 0 aromatic heterocycles. The van der Waals surface area contributed by atoms with Crippen molar-refractivity contribution in [2.75, 3.05) is 0 Å². The van der Waals surface area contributed by atoms with Crippen molar-refractivity contribution < 1.29 is 12.6 Å². The van der Waals surface area contributed by atoms with Crippen LogP contribution in [-0.2, 0) is 22.2 Å². The van der Waals surface area contributed by atoms with Gasteiger partial charge >= 0.3 is 11.4 Å². The van der Waals surface area contributed by atoms with E-state index in [2.05, 4.69) is 53.7 Å². The molecule has 0 amide bonds. The van der Waals surface area contributed by atoms with Crippen LogP contribution in [0.5, 0.6) is 11.5 Å². The maximum absolute atomic E-state index is 12.3. The van der Waals surface area contributed by atoms with Crippen LogP contribution in [0.3, 0.4) is 0 Å². The Bertz CT molecular complexity index is 702. The molecule has 0 fully saturated rings. The number of benzene rings is 2. The molecule has 2 rings (SSSR count). The summed E-state index contributed by atoms with van der Waals surface area (Å²) >= 11 is -1.90. The van der Waals surface area contributed by atoms with Crippen LogP contribution in [0.25, 0.3) is 0 Å². The first-order chi connectivity index (χ1) is 12.2. The lowest BCUT2D eigenvalue weighted by Crippen LogP contribution is -2.16. The third-order valence-corrected chi connectivity index (χ3v) is 5.98. The van der Waals surface area contributed by atoms with Gasteiger partial charge in [-0.25, -0.2) is 0 Å². The largest absolute Gasteiger partial charge is 0.417 e. The van der Waals surface area contributed by atoms with Crippen LogP contribution < -0.4 is 8.37 Å². The Balaban J connectivity index is 2.10. The van der Waals surface area contributed by atoms with Gasteiger partial charge in [0.15, 0.2) is 0 Å². The summed E-state index contributed by atoms with van der Waals surface area (Å²) in [5, 5.41) is 0. The van der Waals surface area contributed by atoms with Crippen molar-refractivity contribution in [3.63, 3.8) is 0 Å². The van der Waals surface area contributed by atoms with Gasteiger partial charge in [0.05, 0.1) is 0 Å². The van der Waals surface area contributed by atoms with Crippen molar-refractivity contribution >= 4 is 11.4 Å². The first kappa shape index (κ1) is 20.5. The summed E-state index contributed by atoms with van der Waals surface area (Å²) in [5.41, 5.74) is 2.39. The smallest absolute Gasteiger partial charge is 0.371 e. The summed E-state index contributed by atoms with van der Waals surface area (Å²) in [6.07, 6.45) is 2.02. The van der Waals surface area contributed by atoms with E-state index in [9.17, 15) is 4.21 Å². The summed E-state index contributed by atoms with van der Waals surface area (Å²) in [5.74, 6) is 1.10. The molecule has 0 aliphatic heterocycles. The molecule has 0 unspecified atom stereocenters. The zero-order valence-corrected chi connectivity index (χ0v) is 17.5. The molecule has 0 heterocycles. The van der Waals surface area contributed by atoms with Crippen LogP contribution in [0.15, 0.2) is 48.5 Å². The lowest BCUT2D eigenvalue weighted by molar-refractivity contribution is 0.455. The Hall–Kier alpha value is -1.81. The second kappa shape index (κ2) is 8.26. The van der Waals surface area contributed by atoms with Gasteiger partial charge in [-0.15, -0.1) is 0 Å². The van der Waals surface area contributed by atoms with Crippen molar-refractivity contribution in [3.05, 3.63) is 59.7 Å². The topological polar surface area (TPSA) is 35.5 Å². The molecule has 0 radical (unpaired) electrons. The molecule has 0 N–H and O–H groups in total. The van der Waals surface area contributed by atoms with E-state index in [0.717, 1.165) is 24.0 Å². The molecule has 0 spiro atoms. The lowest BCUT2D eigenvalue weighted by Gasteiger charge is -2.24. The highest BCUT2D eigenvalue weighted by atomic mass is 32.2. The summed E-state index contributed by atoms with van der Waals surface area (Å²) in [6.45, 7) is 13.0. The maximum atomic E-state index is 12.3. The van der Waals surface area contributed by atoms with Crippen LogP contribution in [0.2, 0.25) is 0 Å². The summed E-state index contributed by atoms with van der Waals surface area (Å²) < 4.78 is 23.3. The molecule has 0 bridgehead atoms. The molecular formula is C22H30O3S. The van der Waals surface area contributed by atoms with Crippen molar-refractivity contribution in [2.45, 2.75) is 65.2 Å². The van der Waals surface area contributed by atoms with Gasteiger partial charge in [-0.2, -0.15) is 4.21 Å². The minimum absolute atomic E-state index is 0.0434. The van der Waals surface area contributed by atoms with Crippen molar-refractivity contribution in [3.8, 4) is 11.5 Å². The average molecular weight is 375 g/mol. The van der Waals surface area contributed by atoms with Crippen molar-refractivity contribution in [2.24, 2.45) is 0 Å². The van der Waals surface area contributed by atoms with Crippen LogP contribution >= 0.6 is 0 Å². The fourth-order valence-electron chi connectivity index (χ4n) is 2.52. The van der Waals surface area contributed by atoms with Crippen LogP contribution in [0.4, 0.5) is 0 Å². The van der Waals surface area contributed by atoms with E-state index in [1.165, 1.54) is 0 Å². The molecule has 0 aliphatic carbocycles. The molecule has 0 saturated heterocycles. The van der Waals surface area contributed by atoms with Crippen molar-refractivity contribution in [1.82, 2.24) is 0 Å². The number of hydrogen-bond acceptors (Lipinski definition) is 3. The normalized spacial score (nSPS) is 12.3. The molecule has 26 heavy (non-hydrogen) atoms. The molecular weight excluding hydrogens is 344 g/mol. The second-order valence-corrected chi connectivity index (χ2v) is 8.64. The Morgan fingerprint density at radius 1 is 0.769 bits per heavy atom. The molecule has 142 valence electrons. The Kier molecular flexibility index (Phi) is 6.51. The van der Waals surface area contributed by atoms with E-state index in [-0.39, 0.29) is 10.8 Å². The molecule has 3 nitrogen and oxygen atoms in total. The van der Waals surface area contributed by atoms with Gasteiger partial charge in [0.25, 0.3) is 0 Å². The monoisotopic (exact) mass is 374 g/mol. The van der Waals surface area contributed by atoms with Gasteiger partial charge in [-0.3, -0.25) is 0 Å². The highest BCUT2D eigenvalue weighted by molar-refractivity contribution is 7.75. The first-order valence-electron chi connectivity index (χ1n) is 9.17. The third-order valence-electron chi connectivity index (χ3n) is 5.33. The van der Waals surface area contributed by atoms with Crippen LogP contribution in [0.1, 0.15) is 65.5 Å². The minimum atomic E-state index is -1.90. The lowest BCUT2D eigenvalue weighted by atomic mass is 9.82. The fourth-order valence-corrected chi connectivity index (χ4v) is 3.08. The van der Waals surface area contributed by atoms with E-state index in [4.69, 9.17) is 8.37 Å². The average Bonchev–Trinajstić information content (AvgIpc) is 2.62. The van der Waals surface area contributed by atoms with Crippen molar-refractivity contribution in [1.29, 1.82) is 0 Å². The van der Waals surface area contributed by atoms with E-state index in [1.807, 2.05) is 24.3 Å². The van der Waals surface area contributed by atoms with Gasteiger partial charge in [0.1, 0.15) is 11.5 Å². The Morgan fingerprint density at radius 2 is 1.15 bits per heavy atom. The summed E-state index contributed by atoms with van der Waals surface area (Å²) in [7, 11) is 0. The van der Waals surface area contributed by atoms with E-state index < -0.39 is 11.4 Å². The van der Waals surface area contributed by atoms with Gasteiger partial charge in [0, 0.05) is 0 Å². The fraction of sp³-hybridized carbons (Fsp3) is 0.455. The van der Waals surface area contributed by atoms with Gasteiger partial charge in [-0.05, 0) is 59.1 Å². The highest BCUT2D eigenvalue weighted by Gasteiger charge is 2.20. The van der Waals surface area contributed by atoms with Gasteiger partial charge in [-0.1, -0.05) is 65.8 Å². The molecule has 4 heteroatoms. The van der Waals surface area contributed by atoms with Gasteiger partial charge in [0.2, 0.25) is 0 Å². The van der Waals surface area contributed by atoms with Crippen LogP contribution in [0, 0.1) is 0 Å². The molecule has 0 aliphatic rings. The Morgan fingerprint density at radius 3 is 1.50 bits per heavy atom. The summed E-state index contributed by atoms with van der Waals surface area (Å²) in [6, 6.07) is 15.4. The Labute approximate surface area is 160 Å². The quantitative estimate of drug-likeness (QED) is 0.560. The molecule has 0 saturated carbocycles. The van der Waals surface area contributed by atoms with Gasteiger partial charge < -0.3 is 8.37 Å². The maximum Gasteiger partial charge on any atom is 0.417 e. The zero-order valence-electron chi connectivity index (χ0n) is 16.7. The molecule has 2 aromatic carbocycles. The first-order valence-corrected chi connectivity index (χ1v) is 10.2.